The standard InChI is InChI=1S/C18H23N3OS/c1-18(2,3)21-16(22)20-17-19-15(11-23-17)14-9-8-12-6-4-5-7-13(12)10-14/h8-11H,4-7H2,1-3H3,(H2,19,20,21,22). The summed E-state index contributed by atoms with van der Waals surface area (Å²) < 4.78 is 0. The van der Waals surface area contributed by atoms with Crippen LogP contribution in [0.2, 0.25) is 0 Å². The van der Waals surface area contributed by atoms with Crippen molar-refractivity contribution in [3.8, 4) is 11.3 Å². The van der Waals surface area contributed by atoms with E-state index in [1.165, 1.54) is 41.7 Å². The second-order valence-electron chi connectivity index (χ2n) is 7.06. The number of urea groups is 1. The van der Waals surface area contributed by atoms with Gasteiger partial charge in [0.15, 0.2) is 5.13 Å². The third-order valence-electron chi connectivity index (χ3n) is 3.86. The van der Waals surface area contributed by atoms with Gasteiger partial charge in [-0.25, -0.2) is 9.78 Å². The SMILES string of the molecule is CC(C)(C)NC(=O)Nc1nc(-c2ccc3c(c2)CCCC3)cs1. The maximum absolute atomic E-state index is 11.9. The number of rotatable bonds is 2. The summed E-state index contributed by atoms with van der Waals surface area (Å²) in [6.45, 7) is 5.85. The lowest BCUT2D eigenvalue weighted by molar-refractivity contribution is 0.244. The highest BCUT2D eigenvalue weighted by Gasteiger charge is 2.16. The molecule has 0 bridgehead atoms. The minimum absolute atomic E-state index is 0.219. The minimum Gasteiger partial charge on any atom is -0.333 e. The predicted molar refractivity (Wildman–Crippen MR) is 96.1 cm³/mol. The highest BCUT2D eigenvalue weighted by molar-refractivity contribution is 7.14. The van der Waals surface area contributed by atoms with Crippen LogP contribution in [0.1, 0.15) is 44.7 Å². The van der Waals surface area contributed by atoms with Crippen LogP contribution in [0.25, 0.3) is 11.3 Å². The van der Waals surface area contributed by atoms with E-state index < -0.39 is 0 Å². The monoisotopic (exact) mass is 329 g/mol. The molecule has 0 unspecified atom stereocenters. The first kappa shape index (κ1) is 16.0. The molecule has 4 nitrogen and oxygen atoms in total. The molecule has 1 aromatic heterocycles. The molecular formula is C18H23N3OS. The summed E-state index contributed by atoms with van der Waals surface area (Å²) in [5, 5.41) is 8.30. The van der Waals surface area contributed by atoms with Gasteiger partial charge in [-0.2, -0.15) is 0 Å². The lowest BCUT2D eigenvalue weighted by Crippen LogP contribution is -2.43. The van der Waals surface area contributed by atoms with E-state index >= 15 is 0 Å². The van der Waals surface area contributed by atoms with Gasteiger partial charge in [0, 0.05) is 16.5 Å². The fourth-order valence-corrected chi connectivity index (χ4v) is 3.54. The summed E-state index contributed by atoms with van der Waals surface area (Å²) in [6, 6.07) is 6.40. The summed E-state index contributed by atoms with van der Waals surface area (Å²) in [4.78, 5) is 16.5. The lowest BCUT2D eigenvalue weighted by Gasteiger charge is -2.20. The van der Waals surface area contributed by atoms with Crippen molar-refractivity contribution in [2.45, 2.75) is 52.0 Å². The number of aryl methyl sites for hydroxylation is 2. The van der Waals surface area contributed by atoms with Crippen molar-refractivity contribution in [3.05, 3.63) is 34.7 Å². The van der Waals surface area contributed by atoms with E-state index in [1.807, 2.05) is 26.2 Å². The molecule has 0 saturated heterocycles. The molecule has 0 aliphatic heterocycles. The van der Waals surface area contributed by atoms with Crippen LogP contribution < -0.4 is 10.6 Å². The summed E-state index contributed by atoms with van der Waals surface area (Å²) >= 11 is 1.45. The number of benzene rings is 1. The van der Waals surface area contributed by atoms with E-state index in [1.54, 1.807) is 0 Å². The Balaban J connectivity index is 1.73. The van der Waals surface area contributed by atoms with Crippen molar-refractivity contribution in [2.24, 2.45) is 0 Å². The van der Waals surface area contributed by atoms with Crippen molar-refractivity contribution in [1.82, 2.24) is 10.3 Å². The number of anilines is 1. The second kappa shape index (κ2) is 6.32. The number of amides is 2. The quantitative estimate of drug-likeness (QED) is 0.845. The lowest BCUT2D eigenvalue weighted by atomic mass is 9.90. The maximum atomic E-state index is 11.9. The Morgan fingerprint density at radius 2 is 1.91 bits per heavy atom. The molecule has 1 aliphatic carbocycles. The van der Waals surface area contributed by atoms with E-state index in [9.17, 15) is 4.79 Å². The molecule has 1 aromatic carbocycles. The number of fused-ring (bicyclic) bond motifs is 1. The number of hydrogen-bond acceptors (Lipinski definition) is 3. The van der Waals surface area contributed by atoms with E-state index in [4.69, 9.17) is 0 Å². The number of carbonyl (C=O) groups is 1. The van der Waals surface area contributed by atoms with E-state index in [0.29, 0.717) is 5.13 Å². The van der Waals surface area contributed by atoms with E-state index in [2.05, 4.69) is 33.8 Å². The van der Waals surface area contributed by atoms with Crippen molar-refractivity contribution in [1.29, 1.82) is 0 Å². The molecule has 0 saturated carbocycles. The normalized spacial score (nSPS) is 14.2. The molecule has 3 rings (SSSR count). The fraction of sp³-hybridized carbons (Fsp3) is 0.444. The highest BCUT2D eigenvalue weighted by Crippen LogP contribution is 2.29. The molecule has 1 aliphatic rings. The van der Waals surface area contributed by atoms with E-state index in [0.717, 1.165) is 17.7 Å². The van der Waals surface area contributed by atoms with Gasteiger partial charge in [-0.15, -0.1) is 11.3 Å². The Morgan fingerprint density at radius 3 is 2.65 bits per heavy atom. The minimum atomic E-state index is -0.261. The van der Waals surface area contributed by atoms with Crippen LogP contribution >= 0.6 is 11.3 Å². The first-order valence-corrected chi connectivity index (χ1v) is 8.95. The van der Waals surface area contributed by atoms with Gasteiger partial charge in [0.05, 0.1) is 5.69 Å². The summed E-state index contributed by atoms with van der Waals surface area (Å²) in [5.74, 6) is 0. The largest absolute Gasteiger partial charge is 0.333 e. The zero-order chi connectivity index (χ0) is 16.4. The average molecular weight is 329 g/mol. The van der Waals surface area contributed by atoms with Gasteiger partial charge in [-0.3, -0.25) is 5.32 Å². The topological polar surface area (TPSA) is 54.0 Å². The van der Waals surface area contributed by atoms with Crippen molar-refractivity contribution in [3.63, 3.8) is 0 Å². The zero-order valence-electron chi connectivity index (χ0n) is 13.9. The maximum Gasteiger partial charge on any atom is 0.321 e. The molecule has 1 heterocycles. The molecule has 122 valence electrons. The zero-order valence-corrected chi connectivity index (χ0v) is 14.7. The molecule has 5 heteroatoms. The molecule has 2 aromatic rings. The van der Waals surface area contributed by atoms with Gasteiger partial charge in [0.25, 0.3) is 0 Å². The number of nitrogens with zero attached hydrogens (tertiary/aromatic N) is 1. The van der Waals surface area contributed by atoms with Gasteiger partial charge < -0.3 is 5.32 Å². The van der Waals surface area contributed by atoms with Crippen LogP contribution in [0.4, 0.5) is 9.93 Å². The molecular weight excluding hydrogens is 306 g/mol. The van der Waals surface area contributed by atoms with Crippen molar-refractivity contribution in [2.75, 3.05) is 5.32 Å². The van der Waals surface area contributed by atoms with Crippen LogP contribution in [0.3, 0.4) is 0 Å². The molecule has 0 radical (unpaired) electrons. The van der Waals surface area contributed by atoms with Crippen molar-refractivity contribution < 1.29 is 4.79 Å². The Labute approximate surface area is 141 Å². The fourth-order valence-electron chi connectivity index (χ4n) is 2.83. The molecule has 0 fully saturated rings. The molecule has 2 amide bonds. The van der Waals surface area contributed by atoms with Crippen LogP contribution in [0.5, 0.6) is 0 Å². The van der Waals surface area contributed by atoms with Gasteiger partial charge in [-0.1, -0.05) is 12.1 Å². The first-order valence-electron chi connectivity index (χ1n) is 8.07. The first-order chi connectivity index (χ1) is 10.9. The number of aromatic nitrogens is 1. The highest BCUT2D eigenvalue weighted by atomic mass is 32.1. The Hall–Kier alpha value is -1.88. The molecule has 2 N–H and O–H groups in total. The molecule has 0 spiro atoms. The Kier molecular flexibility index (Phi) is 4.39. The second-order valence-corrected chi connectivity index (χ2v) is 7.92. The van der Waals surface area contributed by atoms with Gasteiger partial charge in [0.2, 0.25) is 0 Å². The van der Waals surface area contributed by atoms with Gasteiger partial charge >= 0.3 is 6.03 Å². The summed E-state index contributed by atoms with van der Waals surface area (Å²) in [5.41, 5.74) is 4.71. The number of hydrogen-bond donors (Lipinski definition) is 2. The van der Waals surface area contributed by atoms with Crippen LogP contribution in [-0.2, 0) is 12.8 Å². The van der Waals surface area contributed by atoms with Crippen LogP contribution in [0, 0.1) is 0 Å². The smallest absolute Gasteiger partial charge is 0.321 e. The Morgan fingerprint density at radius 1 is 1.17 bits per heavy atom. The number of nitrogens with one attached hydrogen (secondary N) is 2. The average Bonchev–Trinajstić information content (AvgIpc) is 2.93. The third-order valence-corrected chi connectivity index (χ3v) is 4.62. The summed E-state index contributed by atoms with van der Waals surface area (Å²) in [7, 11) is 0. The van der Waals surface area contributed by atoms with Crippen LogP contribution in [-0.4, -0.2) is 16.6 Å². The predicted octanol–water partition coefficient (Wildman–Crippen LogP) is 4.61. The number of carbonyl (C=O) groups excluding carboxylic acids is 1. The molecule has 23 heavy (non-hydrogen) atoms. The van der Waals surface area contributed by atoms with Gasteiger partial charge in [-0.05, 0) is 63.6 Å². The van der Waals surface area contributed by atoms with Crippen LogP contribution in [0.15, 0.2) is 23.6 Å². The van der Waals surface area contributed by atoms with E-state index in [-0.39, 0.29) is 11.6 Å². The summed E-state index contributed by atoms with van der Waals surface area (Å²) in [6.07, 6.45) is 4.91. The molecule has 0 atom stereocenters. The Bertz CT molecular complexity index is 715. The third kappa shape index (κ3) is 4.10. The van der Waals surface area contributed by atoms with Gasteiger partial charge in [0.1, 0.15) is 0 Å². The van der Waals surface area contributed by atoms with Crippen molar-refractivity contribution >= 4 is 22.5 Å². The number of thiazole rings is 1.